The molecule has 0 bridgehead atoms. The molecule has 212 valence electrons. The molecule has 2 aliphatic carbocycles. The Labute approximate surface area is 248 Å². The first-order valence-electron chi connectivity index (χ1n) is 14.1. The molecule has 0 spiro atoms. The first-order chi connectivity index (χ1) is 21.0. The van der Waals surface area contributed by atoms with Crippen molar-refractivity contribution in [3.63, 3.8) is 0 Å². The van der Waals surface area contributed by atoms with Gasteiger partial charge in [0.25, 0.3) is 0 Å². The number of carbonyl (C=O) groups excluding carboxylic acids is 2. The molecule has 0 saturated carbocycles. The minimum Gasteiger partial charge on any atom is -0.508 e. The van der Waals surface area contributed by atoms with Gasteiger partial charge in [0.05, 0.1) is 0 Å². The fourth-order valence-corrected chi connectivity index (χ4v) is 6.26. The number of phenols is 1. The van der Waals surface area contributed by atoms with E-state index in [2.05, 4.69) is 59.2 Å². The van der Waals surface area contributed by atoms with Gasteiger partial charge in [-0.1, -0.05) is 97.1 Å². The topological polar surface area (TPSA) is 96.9 Å². The van der Waals surface area contributed by atoms with Gasteiger partial charge in [-0.3, -0.25) is 10.6 Å². The minimum absolute atomic E-state index is 0.0758. The Bertz CT molecular complexity index is 1640. The molecule has 5 aromatic carbocycles. The Balaban J connectivity index is 0.981. The molecule has 0 saturated heterocycles. The molecule has 0 aromatic heterocycles. The largest absolute Gasteiger partial charge is 0.508 e. The molecule has 3 N–H and O–H groups in total. The third-order valence-corrected chi connectivity index (χ3v) is 8.10. The molecule has 0 unspecified atom stereocenters. The molecule has 2 amide bonds. The Morgan fingerprint density at radius 3 is 1.21 bits per heavy atom. The van der Waals surface area contributed by atoms with Crippen molar-refractivity contribution in [1.29, 1.82) is 0 Å². The van der Waals surface area contributed by atoms with Crippen molar-refractivity contribution >= 4 is 23.6 Å². The van der Waals surface area contributed by atoms with Crippen LogP contribution in [0.4, 0.5) is 21.0 Å². The van der Waals surface area contributed by atoms with Gasteiger partial charge in [-0.15, -0.1) is 0 Å². The summed E-state index contributed by atoms with van der Waals surface area (Å²) in [6, 6.07) is 36.7. The highest BCUT2D eigenvalue weighted by Crippen LogP contribution is 2.45. The zero-order valence-electron chi connectivity index (χ0n) is 23.1. The third-order valence-electron chi connectivity index (χ3n) is 8.10. The summed E-state index contributed by atoms with van der Waals surface area (Å²) in [7, 11) is 0. The van der Waals surface area contributed by atoms with Gasteiger partial charge in [0, 0.05) is 35.3 Å². The molecule has 5 aromatic rings. The molecule has 0 aliphatic heterocycles. The molecular formula is C36H28N2O5. The lowest BCUT2D eigenvalue weighted by Crippen LogP contribution is -2.19. The summed E-state index contributed by atoms with van der Waals surface area (Å²) < 4.78 is 11.2. The van der Waals surface area contributed by atoms with Crippen molar-refractivity contribution in [3.8, 4) is 28.0 Å². The summed E-state index contributed by atoms with van der Waals surface area (Å²) in [6.07, 6.45) is -1.33. The fraction of sp³-hybridized carbons (Fsp3) is 0.111. The second kappa shape index (κ2) is 11.0. The Hall–Kier alpha value is -5.56. The van der Waals surface area contributed by atoms with Crippen LogP contribution in [0, 0.1) is 0 Å². The van der Waals surface area contributed by atoms with Crippen LogP contribution in [0.5, 0.6) is 5.75 Å². The fourth-order valence-electron chi connectivity index (χ4n) is 6.26. The van der Waals surface area contributed by atoms with Crippen molar-refractivity contribution in [3.05, 3.63) is 138 Å². The van der Waals surface area contributed by atoms with Crippen LogP contribution in [0.2, 0.25) is 0 Å². The monoisotopic (exact) mass is 568 g/mol. The number of ether oxygens (including phenoxy) is 2. The molecule has 7 nitrogen and oxygen atoms in total. The first-order valence-corrected chi connectivity index (χ1v) is 14.1. The van der Waals surface area contributed by atoms with Gasteiger partial charge in [0.15, 0.2) is 0 Å². The zero-order valence-corrected chi connectivity index (χ0v) is 23.1. The van der Waals surface area contributed by atoms with E-state index in [1.165, 1.54) is 18.2 Å². The average Bonchev–Trinajstić information content (AvgIpc) is 3.51. The first kappa shape index (κ1) is 26.3. The minimum atomic E-state index is -0.667. The van der Waals surface area contributed by atoms with E-state index in [1.807, 2.05) is 48.5 Å². The van der Waals surface area contributed by atoms with Crippen LogP contribution in [0.15, 0.2) is 115 Å². The lowest BCUT2D eigenvalue weighted by Gasteiger charge is -2.16. The van der Waals surface area contributed by atoms with Gasteiger partial charge < -0.3 is 14.6 Å². The van der Waals surface area contributed by atoms with Gasteiger partial charge >= 0.3 is 12.2 Å². The number of carbonyl (C=O) groups is 2. The second-order valence-corrected chi connectivity index (χ2v) is 10.7. The maximum atomic E-state index is 12.8. The Morgan fingerprint density at radius 2 is 0.860 bits per heavy atom. The van der Waals surface area contributed by atoms with Crippen molar-refractivity contribution in [2.45, 2.75) is 11.8 Å². The van der Waals surface area contributed by atoms with Crippen LogP contribution < -0.4 is 10.6 Å². The van der Waals surface area contributed by atoms with E-state index in [-0.39, 0.29) is 42.2 Å². The Kier molecular flexibility index (Phi) is 6.75. The van der Waals surface area contributed by atoms with Crippen molar-refractivity contribution < 1.29 is 24.2 Å². The number of nitrogens with one attached hydrogen (secondary N) is 2. The van der Waals surface area contributed by atoms with E-state index in [9.17, 15) is 14.7 Å². The summed E-state index contributed by atoms with van der Waals surface area (Å²) in [5.41, 5.74) is 9.57. The van der Waals surface area contributed by atoms with E-state index in [4.69, 9.17) is 9.47 Å². The molecule has 0 fully saturated rings. The molecule has 43 heavy (non-hydrogen) atoms. The molecule has 0 heterocycles. The van der Waals surface area contributed by atoms with Crippen molar-refractivity contribution in [2.24, 2.45) is 0 Å². The standard InChI is InChI=1S/C36H28N2O5/c39-24-18-22(37-35(40)42-20-33-29-13-5-1-9-25(29)26-10-2-6-14-30(26)33)17-23(19-24)38-36(41)43-21-34-31-15-7-3-11-27(31)28-12-4-8-16-32(28)34/h1-19,33-34,39H,20-21H2,(H,37,40)(H,38,41). The van der Waals surface area contributed by atoms with Crippen LogP contribution >= 0.6 is 0 Å². The van der Waals surface area contributed by atoms with Gasteiger partial charge in [-0.05, 0) is 50.6 Å². The summed E-state index contributed by atoms with van der Waals surface area (Å²) in [5.74, 6) is -0.286. The number of amides is 2. The van der Waals surface area contributed by atoms with E-state index in [1.54, 1.807) is 0 Å². The highest BCUT2D eigenvalue weighted by Gasteiger charge is 2.30. The quantitative estimate of drug-likeness (QED) is 0.192. The molecule has 0 atom stereocenters. The molecule has 7 heteroatoms. The van der Waals surface area contributed by atoms with Gasteiger partial charge in [0.2, 0.25) is 0 Å². The molecule has 2 aliphatic rings. The number of aromatic hydroxyl groups is 1. The predicted octanol–water partition coefficient (Wildman–Crippen LogP) is 8.11. The zero-order chi connectivity index (χ0) is 29.3. The molecule has 7 rings (SSSR count). The van der Waals surface area contributed by atoms with Gasteiger partial charge in [-0.2, -0.15) is 0 Å². The van der Waals surface area contributed by atoms with Crippen molar-refractivity contribution in [1.82, 2.24) is 0 Å². The number of fused-ring (bicyclic) bond motifs is 6. The maximum absolute atomic E-state index is 12.8. The number of hydrogen-bond acceptors (Lipinski definition) is 5. The van der Waals surface area contributed by atoms with Crippen LogP contribution in [0.25, 0.3) is 22.3 Å². The van der Waals surface area contributed by atoms with Crippen LogP contribution in [-0.4, -0.2) is 30.5 Å². The highest BCUT2D eigenvalue weighted by atomic mass is 16.6. The summed E-state index contributed by atoms with van der Waals surface area (Å²) in [5, 5.41) is 15.6. The van der Waals surface area contributed by atoms with Gasteiger partial charge in [-0.25, -0.2) is 9.59 Å². The summed E-state index contributed by atoms with van der Waals surface area (Å²) >= 11 is 0. The van der Waals surface area contributed by atoms with Crippen molar-refractivity contribution in [2.75, 3.05) is 23.8 Å². The van der Waals surface area contributed by atoms with E-state index in [0.717, 1.165) is 44.5 Å². The highest BCUT2D eigenvalue weighted by molar-refractivity contribution is 5.90. The normalized spacial score (nSPS) is 12.9. The predicted molar refractivity (Wildman–Crippen MR) is 165 cm³/mol. The number of phenolic OH excluding ortho intramolecular Hbond substituents is 1. The van der Waals surface area contributed by atoms with E-state index >= 15 is 0 Å². The smallest absolute Gasteiger partial charge is 0.411 e. The molecule has 0 radical (unpaired) electrons. The summed E-state index contributed by atoms with van der Waals surface area (Å²) in [4.78, 5) is 25.5. The average molecular weight is 569 g/mol. The number of anilines is 2. The summed E-state index contributed by atoms with van der Waals surface area (Å²) in [6.45, 7) is 0.313. The van der Waals surface area contributed by atoms with E-state index < -0.39 is 12.2 Å². The maximum Gasteiger partial charge on any atom is 0.411 e. The van der Waals surface area contributed by atoms with Crippen LogP contribution in [-0.2, 0) is 9.47 Å². The van der Waals surface area contributed by atoms with Gasteiger partial charge in [0.1, 0.15) is 19.0 Å². The number of hydrogen-bond donors (Lipinski definition) is 3. The van der Waals surface area contributed by atoms with Crippen LogP contribution in [0.1, 0.15) is 34.1 Å². The number of rotatable bonds is 6. The molecular weight excluding hydrogens is 540 g/mol. The SMILES string of the molecule is O=C(Nc1cc(O)cc(NC(=O)OCC2c3ccccc3-c3ccccc32)c1)OCC1c2ccccc2-c2ccccc21. The van der Waals surface area contributed by atoms with Crippen LogP contribution in [0.3, 0.4) is 0 Å². The Morgan fingerprint density at radius 1 is 0.535 bits per heavy atom. The number of benzene rings is 5. The third kappa shape index (κ3) is 5.06. The lowest BCUT2D eigenvalue weighted by molar-refractivity contribution is 0.157. The lowest BCUT2D eigenvalue weighted by atomic mass is 9.98. The van der Waals surface area contributed by atoms with E-state index in [0.29, 0.717) is 0 Å². The second-order valence-electron chi connectivity index (χ2n) is 10.7.